The molecule has 36 heavy (non-hydrogen) atoms. The Balaban J connectivity index is 2.45. The van der Waals surface area contributed by atoms with E-state index in [-0.39, 0.29) is 0 Å². The molecule has 192 valence electrons. The Morgan fingerprint density at radius 1 is 1.17 bits per heavy atom. The van der Waals surface area contributed by atoms with Gasteiger partial charge in [-0.3, -0.25) is 14.5 Å². The molecule has 8 nitrogen and oxygen atoms in total. The highest BCUT2D eigenvalue weighted by Crippen LogP contribution is 2.29. The number of alkyl carbamates (subject to hydrolysis) is 1. The SMILES string of the molecule is C#CN(C(=O)C(CO)NC(=O)OC(C)(C)C)C(C(=O)Nc1c(C)cccc1Cl)c1ccc(CC)cc1. The number of para-hydroxylation sites is 1. The molecule has 0 aliphatic rings. The maximum Gasteiger partial charge on any atom is 0.408 e. The Labute approximate surface area is 217 Å². The molecule has 0 fully saturated rings. The van der Waals surface area contributed by atoms with Crippen LogP contribution in [0.2, 0.25) is 5.02 Å². The van der Waals surface area contributed by atoms with Gasteiger partial charge in [-0.25, -0.2) is 4.79 Å². The topological polar surface area (TPSA) is 108 Å². The number of amides is 3. The van der Waals surface area contributed by atoms with Gasteiger partial charge >= 0.3 is 6.09 Å². The highest BCUT2D eigenvalue weighted by atomic mass is 35.5. The number of hydrogen-bond acceptors (Lipinski definition) is 5. The monoisotopic (exact) mass is 513 g/mol. The third-order valence-corrected chi connectivity index (χ3v) is 5.54. The summed E-state index contributed by atoms with van der Waals surface area (Å²) >= 11 is 6.29. The molecule has 0 radical (unpaired) electrons. The lowest BCUT2D eigenvalue weighted by Gasteiger charge is -2.30. The number of halogens is 1. The molecule has 0 aliphatic carbocycles. The molecule has 9 heteroatoms. The minimum atomic E-state index is -1.44. The summed E-state index contributed by atoms with van der Waals surface area (Å²) in [6.45, 7) is 7.99. The van der Waals surface area contributed by atoms with Crippen LogP contribution in [-0.4, -0.2) is 46.2 Å². The number of aliphatic hydroxyl groups excluding tert-OH is 1. The van der Waals surface area contributed by atoms with Crippen molar-refractivity contribution in [2.45, 2.75) is 58.7 Å². The summed E-state index contributed by atoms with van der Waals surface area (Å²) < 4.78 is 5.18. The number of anilines is 1. The van der Waals surface area contributed by atoms with E-state index in [0.29, 0.717) is 21.8 Å². The second-order valence-corrected chi connectivity index (χ2v) is 9.54. The lowest BCUT2D eigenvalue weighted by molar-refractivity contribution is -0.137. The van der Waals surface area contributed by atoms with Gasteiger partial charge in [0.05, 0.1) is 17.3 Å². The first-order valence-corrected chi connectivity index (χ1v) is 11.8. The summed E-state index contributed by atoms with van der Waals surface area (Å²) in [7, 11) is 0. The molecule has 2 atom stereocenters. The van der Waals surface area contributed by atoms with E-state index in [0.717, 1.165) is 16.9 Å². The fraction of sp³-hybridized carbons (Fsp3) is 0.370. The Kier molecular flexibility index (Phi) is 9.91. The predicted octanol–water partition coefficient (Wildman–Crippen LogP) is 4.20. The average molecular weight is 514 g/mol. The molecule has 0 heterocycles. The highest BCUT2D eigenvalue weighted by Gasteiger charge is 2.36. The van der Waals surface area contributed by atoms with Crippen LogP contribution in [0.5, 0.6) is 0 Å². The second kappa shape index (κ2) is 12.4. The van der Waals surface area contributed by atoms with E-state index in [2.05, 4.69) is 16.7 Å². The number of hydrogen-bond donors (Lipinski definition) is 3. The number of rotatable bonds is 8. The number of carbonyl (C=O) groups excluding carboxylic acids is 3. The first-order chi connectivity index (χ1) is 16.9. The van der Waals surface area contributed by atoms with Crippen LogP contribution in [0.15, 0.2) is 42.5 Å². The summed E-state index contributed by atoms with van der Waals surface area (Å²) in [6.07, 6.45) is 5.58. The molecule has 2 unspecified atom stereocenters. The molecular formula is C27H32ClN3O5. The maximum atomic E-state index is 13.6. The highest BCUT2D eigenvalue weighted by molar-refractivity contribution is 6.34. The zero-order valence-electron chi connectivity index (χ0n) is 21.1. The van der Waals surface area contributed by atoms with Crippen LogP contribution >= 0.6 is 11.6 Å². The first-order valence-electron chi connectivity index (χ1n) is 11.5. The molecule has 0 aliphatic heterocycles. The molecular weight excluding hydrogens is 482 g/mol. The first kappa shape index (κ1) is 28.7. The van der Waals surface area contributed by atoms with Gasteiger partial charge in [0, 0.05) is 6.04 Å². The van der Waals surface area contributed by atoms with Crippen molar-refractivity contribution in [2.24, 2.45) is 0 Å². The lowest BCUT2D eigenvalue weighted by Crippen LogP contribution is -2.52. The molecule has 0 saturated carbocycles. The molecule has 0 aromatic heterocycles. The van der Waals surface area contributed by atoms with Crippen molar-refractivity contribution >= 4 is 35.2 Å². The lowest BCUT2D eigenvalue weighted by atomic mass is 10.0. The van der Waals surface area contributed by atoms with Crippen LogP contribution in [0, 0.1) is 19.4 Å². The van der Waals surface area contributed by atoms with E-state index in [9.17, 15) is 19.5 Å². The number of carbonyl (C=O) groups is 3. The summed E-state index contributed by atoms with van der Waals surface area (Å²) in [6, 6.07) is 11.8. The number of nitrogens with one attached hydrogen (secondary N) is 2. The van der Waals surface area contributed by atoms with Gasteiger partial charge in [-0.15, -0.1) is 0 Å². The molecule has 0 saturated heterocycles. The Morgan fingerprint density at radius 2 is 1.81 bits per heavy atom. The largest absolute Gasteiger partial charge is 0.444 e. The van der Waals surface area contributed by atoms with Gasteiger partial charge in [0.1, 0.15) is 17.7 Å². The van der Waals surface area contributed by atoms with E-state index in [1.807, 2.05) is 19.1 Å². The number of nitrogens with zero attached hydrogens (tertiary/aromatic N) is 1. The Bertz CT molecular complexity index is 1120. The van der Waals surface area contributed by atoms with Gasteiger partial charge in [-0.05, 0) is 56.9 Å². The minimum absolute atomic E-state index is 0.321. The maximum absolute atomic E-state index is 13.6. The molecule has 3 N–H and O–H groups in total. The zero-order chi connectivity index (χ0) is 27.0. The molecule has 2 aromatic carbocycles. The van der Waals surface area contributed by atoms with Crippen molar-refractivity contribution in [2.75, 3.05) is 11.9 Å². The molecule has 2 aromatic rings. The zero-order valence-corrected chi connectivity index (χ0v) is 21.8. The van der Waals surface area contributed by atoms with Crippen molar-refractivity contribution in [1.82, 2.24) is 10.2 Å². The van der Waals surface area contributed by atoms with Crippen molar-refractivity contribution in [1.29, 1.82) is 0 Å². The van der Waals surface area contributed by atoms with Crippen molar-refractivity contribution in [3.8, 4) is 12.5 Å². The van der Waals surface area contributed by atoms with Crippen LogP contribution in [0.3, 0.4) is 0 Å². The van der Waals surface area contributed by atoms with Crippen LogP contribution in [0.4, 0.5) is 10.5 Å². The standard InChI is InChI=1S/C27H32ClN3O5/c1-7-18-12-14-19(15-13-18)23(24(33)30-22-17(3)10-9-11-20(22)28)31(8-2)25(34)21(16-32)29-26(35)36-27(4,5)6/h2,9-15,21,23,32H,7,16H2,1,3-6H3,(H,29,35)(H,30,33). The number of ether oxygens (including phenoxy) is 1. The van der Waals surface area contributed by atoms with Gasteiger partial charge < -0.3 is 20.5 Å². The molecule has 2 rings (SSSR count). The number of aryl methyl sites for hydroxylation is 2. The summed E-state index contributed by atoms with van der Waals surface area (Å²) in [5.41, 5.74) is 1.74. The minimum Gasteiger partial charge on any atom is -0.444 e. The van der Waals surface area contributed by atoms with Gasteiger partial charge in [0.2, 0.25) is 0 Å². The Morgan fingerprint density at radius 3 is 2.31 bits per heavy atom. The second-order valence-electron chi connectivity index (χ2n) is 9.14. The van der Waals surface area contributed by atoms with Gasteiger partial charge in [0.25, 0.3) is 11.8 Å². The fourth-order valence-electron chi connectivity index (χ4n) is 3.40. The van der Waals surface area contributed by atoms with Gasteiger partial charge in [-0.2, -0.15) is 0 Å². The van der Waals surface area contributed by atoms with Crippen LogP contribution in [0.25, 0.3) is 0 Å². The van der Waals surface area contributed by atoms with E-state index < -0.39 is 42.2 Å². The molecule has 3 amide bonds. The predicted molar refractivity (Wildman–Crippen MR) is 139 cm³/mol. The molecule has 0 bridgehead atoms. The number of benzene rings is 2. The summed E-state index contributed by atoms with van der Waals surface area (Å²) in [5, 5.41) is 15.3. The van der Waals surface area contributed by atoms with Gasteiger partial charge in [-0.1, -0.05) is 61.3 Å². The van der Waals surface area contributed by atoms with Crippen molar-refractivity contribution < 1.29 is 24.2 Å². The van der Waals surface area contributed by atoms with E-state index in [4.69, 9.17) is 22.8 Å². The normalized spacial score (nSPS) is 12.6. The number of aliphatic hydroxyl groups is 1. The summed E-state index contributed by atoms with van der Waals surface area (Å²) in [4.78, 5) is 40.0. The third kappa shape index (κ3) is 7.48. The van der Waals surface area contributed by atoms with Crippen LogP contribution < -0.4 is 10.6 Å². The van der Waals surface area contributed by atoms with E-state index in [1.54, 1.807) is 58.0 Å². The average Bonchev–Trinajstić information content (AvgIpc) is 2.81. The summed E-state index contributed by atoms with van der Waals surface area (Å²) in [5.74, 6) is -1.47. The van der Waals surface area contributed by atoms with Crippen molar-refractivity contribution in [3.63, 3.8) is 0 Å². The van der Waals surface area contributed by atoms with Crippen LogP contribution in [0.1, 0.15) is 50.4 Å². The molecule has 0 spiro atoms. The fourth-order valence-corrected chi connectivity index (χ4v) is 3.67. The van der Waals surface area contributed by atoms with Crippen molar-refractivity contribution in [3.05, 3.63) is 64.2 Å². The van der Waals surface area contributed by atoms with Crippen LogP contribution in [-0.2, 0) is 20.7 Å². The number of terminal acetylenes is 1. The van der Waals surface area contributed by atoms with Gasteiger partial charge in [0.15, 0.2) is 0 Å². The quantitative estimate of drug-likeness (QED) is 0.362. The smallest absolute Gasteiger partial charge is 0.408 e. The third-order valence-electron chi connectivity index (χ3n) is 5.23. The Hall–Kier alpha value is -3.54. The van der Waals surface area contributed by atoms with E-state index >= 15 is 0 Å². The van der Waals surface area contributed by atoms with E-state index in [1.165, 1.54) is 0 Å².